The SMILES string of the molecule is CC(C)C[C@H]1CCN(CC2CCN(C(C)C)CC2)C1. The zero-order valence-corrected chi connectivity index (χ0v) is 13.6. The second kappa shape index (κ2) is 7.08. The molecule has 19 heavy (non-hydrogen) atoms. The van der Waals surface area contributed by atoms with Crippen LogP contribution >= 0.6 is 0 Å². The van der Waals surface area contributed by atoms with E-state index in [0.717, 1.165) is 23.8 Å². The van der Waals surface area contributed by atoms with Gasteiger partial charge in [0.2, 0.25) is 0 Å². The van der Waals surface area contributed by atoms with Crippen LogP contribution in [0.3, 0.4) is 0 Å². The Bertz CT molecular complexity index is 254. The van der Waals surface area contributed by atoms with Gasteiger partial charge in [0, 0.05) is 19.1 Å². The van der Waals surface area contributed by atoms with Crippen molar-refractivity contribution in [1.29, 1.82) is 0 Å². The van der Waals surface area contributed by atoms with E-state index in [4.69, 9.17) is 0 Å². The minimum atomic E-state index is 0.739. The fourth-order valence-electron chi connectivity index (χ4n) is 3.95. The van der Waals surface area contributed by atoms with Gasteiger partial charge in [-0.1, -0.05) is 13.8 Å². The standard InChI is InChI=1S/C17H34N2/c1-14(2)11-17-5-8-18(13-17)12-16-6-9-19(10-7-16)15(3)4/h14-17H,5-13H2,1-4H3/t17-/m1/s1. The number of piperidine rings is 1. The van der Waals surface area contributed by atoms with E-state index in [1.807, 2.05) is 0 Å². The molecule has 0 aromatic heterocycles. The topological polar surface area (TPSA) is 6.48 Å². The number of nitrogens with zero attached hydrogens (tertiary/aromatic N) is 2. The highest BCUT2D eigenvalue weighted by Crippen LogP contribution is 2.26. The van der Waals surface area contributed by atoms with Crippen LogP contribution in [0.15, 0.2) is 0 Å². The molecule has 1 atom stereocenters. The predicted octanol–water partition coefficient (Wildman–Crippen LogP) is 3.47. The van der Waals surface area contributed by atoms with E-state index in [9.17, 15) is 0 Å². The molecule has 0 N–H and O–H groups in total. The van der Waals surface area contributed by atoms with Gasteiger partial charge in [-0.05, 0) is 76.9 Å². The molecule has 0 aliphatic carbocycles. The van der Waals surface area contributed by atoms with Crippen LogP contribution in [0.4, 0.5) is 0 Å². The van der Waals surface area contributed by atoms with E-state index in [2.05, 4.69) is 37.5 Å². The molecule has 112 valence electrons. The highest BCUT2D eigenvalue weighted by molar-refractivity contribution is 4.81. The van der Waals surface area contributed by atoms with Crippen LogP contribution in [0.2, 0.25) is 0 Å². The third-order valence-corrected chi connectivity index (χ3v) is 5.07. The zero-order valence-electron chi connectivity index (χ0n) is 13.6. The molecular weight excluding hydrogens is 232 g/mol. The molecule has 0 bridgehead atoms. The molecule has 2 nitrogen and oxygen atoms in total. The van der Waals surface area contributed by atoms with Crippen molar-refractivity contribution in [2.45, 2.75) is 59.4 Å². The van der Waals surface area contributed by atoms with E-state index >= 15 is 0 Å². The van der Waals surface area contributed by atoms with Crippen LogP contribution in [0.25, 0.3) is 0 Å². The second-order valence-corrected chi connectivity index (χ2v) is 7.62. The van der Waals surface area contributed by atoms with Gasteiger partial charge in [0.05, 0.1) is 0 Å². The Kier molecular flexibility index (Phi) is 5.70. The maximum absolute atomic E-state index is 2.75. The summed E-state index contributed by atoms with van der Waals surface area (Å²) in [6.45, 7) is 16.2. The summed E-state index contributed by atoms with van der Waals surface area (Å²) < 4.78 is 0. The van der Waals surface area contributed by atoms with E-state index in [-0.39, 0.29) is 0 Å². The first-order valence-corrected chi connectivity index (χ1v) is 8.51. The van der Waals surface area contributed by atoms with E-state index in [0.29, 0.717) is 0 Å². The average Bonchev–Trinajstić information content (AvgIpc) is 2.76. The molecule has 0 spiro atoms. The number of hydrogen-bond donors (Lipinski definition) is 0. The van der Waals surface area contributed by atoms with Gasteiger partial charge in [-0.15, -0.1) is 0 Å². The lowest BCUT2D eigenvalue weighted by Crippen LogP contribution is -2.41. The monoisotopic (exact) mass is 266 g/mol. The maximum Gasteiger partial charge on any atom is 0.00385 e. The van der Waals surface area contributed by atoms with Gasteiger partial charge in [0.25, 0.3) is 0 Å². The molecule has 2 fully saturated rings. The normalized spacial score (nSPS) is 27.8. The Morgan fingerprint density at radius 2 is 1.53 bits per heavy atom. The summed E-state index contributed by atoms with van der Waals surface area (Å²) in [6.07, 6.45) is 5.72. The summed E-state index contributed by atoms with van der Waals surface area (Å²) in [5.41, 5.74) is 0. The van der Waals surface area contributed by atoms with Crippen molar-refractivity contribution in [3.8, 4) is 0 Å². The first kappa shape index (κ1) is 15.3. The summed E-state index contributed by atoms with van der Waals surface area (Å²) >= 11 is 0. The van der Waals surface area contributed by atoms with E-state index < -0.39 is 0 Å². The van der Waals surface area contributed by atoms with Crippen molar-refractivity contribution in [2.24, 2.45) is 17.8 Å². The third-order valence-electron chi connectivity index (χ3n) is 5.07. The van der Waals surface area contributed by atoms with Gasteiger partial charge >= 0.3 is 0 Å². The highest BCUT2D eigenvalue weighted by atomic mass is 15.2. The minimum Gasteiger partial charge on any atom is -0.303 e. The van der Waals surface area contributed by atoms with Crippen LogP contribution in [0.1, 0.15) is 53.4 Å². The van der Waals surface area contributed by atoms with Crippen LogP contribution in [-0.4, -0.2) is 48.6 Å². The Balaban J connectivity index is 1.66. The first-order valence-electron chi connectivity index (χ1n) is 8.51. The minimum absolute atomic E-state index is 0.739. The highest BCUT2D eigenvalue weighted by Gasteiger charge is 2.27. The fraction of sp³-hybridized carbons (Fsp3) is 1.00. The number of rotatable bonds is 5. The third kappa shape index (κ3) is 4.75. The van der Waals surface area contributed by atoms with Crippen molar-refractivity contribution in [1.82, 2.24) is 9.80 Å². The average molecular weight is 266 g/mol. The van der Waals surface area contributed by atoms with Gasteiger partial charge < -0.3 is 9.80 Å². The summed E-state index contributed by atoms with van der Waals surface area (Å²) in [5.74, 6) is 2.82. The van der Waals surface area contributed by atoms with Crippen LogP contribution in [-0.2, 0) is 0 Å². The fourth-order valence-corrected chi connectivity index (χ4v) is 3.95. The van der Waals surface area contributed by atoms with Crippen LogP contribution in [0, 0.1) is 17.8 Å². The molecule has 2 heteroatoms. The summed E-state index contributed by atoms with van der Waals surface area (Å²) in [7, 11) is 0. The van der Waals surface area contributed by atoms with Gasteiger partial charge in [0.15, 0.2) is 0 Å². The predicted molar refractivity (Wildman–Crippen MR) is 83.4 cm³/mol. The van der Waals surface area contributed by atoms with Crippen molar-refractivity contribution in [3.05, 3.63) is 0 Å². The molecule has 2 aliphatic rings. The lowest BCUT2D eigenvalue weighted by molar-refractivity contribution is 0.127. The van der Waals surface area contributed by atoms with Crippen molar-refractivity contribution >= 4 is 0 Å². The molecule has 0 amide bonds. The Labute approximate surface area is 120 Å². The number of likely N-dealkylation sites (tertiary alicyclic amines) is 2. The second-order valence-electron chi connectivity index (χ2n) is 7.62. The van der Waals surface area contributed by atoms with Gasteiger partial charge in [-0.25, -0.2) is 0 Å². The molecule has 2 saturated heterocycles. The molecule has 0 unspecified atom stereocenters. The van der Waals surface area contributed by atoms with E-state index in [1.165, 1.54) is 58.4 Å². The molecule has 0 aromatic rings. The summed E-state index contributed by atoms with van der Waals surface area (Å²) in [4.78, 5) is 5.39. The first-order chi connectivity index (χ1) is 9.04. The van der Waals surface area contributed by atoms with Crippen molar-refractivity contribution in [3.63, 3.8) is 0 Å². The molecule has 0 saturated carbocycles. The summed E-state index contributed by atoms with van der Waals surface area (Å²) in [5, 5.41) is 0. The molecule has 2 heterocycles. The van der Waals surface area contributed by atoms with Gasteiger partial charge in [-0.3, -0.25) is 0 Å². The Morgan fingerprint density at radius 1 is 0.895 bits per heavy atom. The molecule has 2 rings (SSSR count). The number of hydrogen-bond acceptors (Lipinski definition) is 2. The van der Waals surface area contributed by atoms with Gasteiger partial charge in [0.1, 0.15) is 0 Å². The molecular formula is C17H34N2. The molecule has 0 aromatic carbocycles. The maximum atomic E-state index is 2.75. The smallest absolute Gasteiger partial charge is 0.00385 e. The van der Waals surface area contributed by atoms with Gasteiger partial charge in [-0.2, -0.15) is 0 Å². The lowest BCUT2D eigenvalue weighted by Gasteiger charge is -2.36. The molecule has 0 radical (unpaired) electrons. The largest absolute Gasteiger partial charge is 0.303 e. The van der Waals surface area contributed by atoms with E-state index in [1.54, 1.807) is 0 Å². The van der Waals surface area contributed by atoms with Crippen LogP contribution < -0.4 is 0 Å². The van der Waals surface area contributed by atoms with Crippen LogP contribution in [0.5, 0.6) is 0 Å². The zero-order chi connectivity index (χ0) is 13.8. The lowest BCUT2D eigenvalue weighted by atomic mass is 9.95. The quantitative estimate of drug-likeness (QED) is 0.752. The van der Waals surface area contributed by atoms with Crippen molar-refractivity contribution in [2.75, 3.05) is 32.7 Å². The Morgan fingerprint density at radius 3 is 2.11 bits per heavy atom. The molecule has 2 aliphatic heterocycles. The summed E-state index contributed by atoms with van der Waals surface area (Å²) in [6, 6.07) is 0.739. The Hall–Kier alpha value is -0.0800. The van der Waals surface area contributed by atoms with Crippen molar-refractivity contribution < 1.29 is 0 Å².